The third kappa shape index (κ3) is 4.59. The number of benzene rings is 2. The SMILES string of the molecule is C=CCn1c(SCC(=O)Nc2c(CC)cccc2CC)nc2ccccc2c1=O. The molecule has 1 N–H and O–H groups in total. The number of nitrogens with zero attached hydrogens (tertiary/aromatic N) is 2. The van der Waals surface area contributed by atoms with Gasteiger partial charge < -0.3 is 5.32 Å². The molecule has 0 radical (unpaired) electrons. The molecule has 3 rings (SSSR count). The first kappa shape index (κ1) is 20.9. The summed E-state index contributed by atoms with van der Waals surface area (Å²) in [6.45, 7) is 8.23. The number of amides is 1. The van der Waals surface area contributed by atoms with Gasteiger partial charge >= 0.3 is 0 Å². The van der Waals surface area contributed by atoms with Crippen molar-refractivity contribution in [2.24, 2.45) is 0 Å². The zero-order chi connectivity index (χ0) is 20.8. The Labute approximate surface area is 174 Å². The number of fused-ring (bicyclic) bond motifs is 1. The highest BCUT2D eigenvalue weighted by Gasteiger charge is 2.14. The Kier molecular flexibility index (Phi) is 6.88. The molecule has 0 aliphatic heterocycles. The van der Waals surface area contributed by atoms with Gasteiger partial charge in [-0.1, -0.05) is 62.0 Å². The maximum absolute atomic E-state index is 12.8. The number of hydrogen-bond acceptors (Lipinski definition) is 4. The Morgan fingerprint density at radius 1 is 1.14 bits per heavy atom. The van der Waals surface area contributed by atoms with E-state index in [-0.39, 0.29) is 17.2 Å². The normalized spacial score (nSPS) is 10.8. The molecule has 0 aliphatic carbocycles. The molecule has 0 saturated carbocycles. The number of allylic oxidation sites excluding steroid dienone is 1. The van der Waals surface area contributed by atoms with Crippen molar-refractivity contribution < 1.29 is 4.79 Å². The number of hydrogen-bond donors (Lipinski definition) is 1. The van der Waals surface area contributed by atoms with Crippen molar-refractivity contribution in [3.05, 3.63) is 76.6 Å². The number of thioether (sulfide) groups is 1. The van der Waals surface area contributed by atoms with Gasteiger partial charge in [0, 0.05) is 12.2 Å². The number of rotatable bonds is 8. The molecule has 0 unspecified atom stereocenters. The van der Waals surface area contributed by atoms with Crippen molar-refractivity contribution in [2.45, 2.75) is 38.4 Å². The summed E-state index contributed by atoms with van der Waals surface area (Å²) >= 11 is 1.26. The van der Waals surface area contributed by atoms with Crippen molar-refractivity contribution in [3.8, 4) is 0 Å². The van der Waals surface area contributed by atoms with Gasteiger partial charge in [-0.25, -0.2) is 4.98 Å². The lowest BCUT2D eigenvalue weighted by Crippen LogP contribution is -2.24. The predicted molar refractivity (Wildman–Crippen MR) is 121 cm³/mol. The van der Waals surface area contributed by atoms with Crippen LogP contribution < -0.4 is 10.9 Å². The number of para-hydroxylation sites is 2. The van der Waals surface area contributed by atoms with E-state index in [1.54, 1.807) is 16.7 Å². The first-order valence-corrected chi connectivity index (χ1v) is 10.7. The van der Waals surface area contributed by atoms with Crippen LogP contribution in [-0.2, 0) is 24.2 Å². The van der Waals surface area contributed by atoms with Gasteiger partial charge in [0.05, 0.1) is 16.7 Å². The van der Waals surface area contributed by atoms with E-state index in [2.05, 4.69) is 30.7 Å². The Morgan fingerprint density at radius 3 is 2.48 bits per heavy atom. The highest BCUT2D eigenvalue weighted by molar-refractivity contribution is 7.99. The predicted octanol–water partition coefficient (Wildman–Crippen LogP) is 4.44. The van der Waals surface area contributed by atoms with E-state index in [1.807, 2.05) is 36.4 Å². The lowest BCUT2D eigenvalue weighted by atomic mass is 10.0. The van der Waals surface area contributed by atoms with E-state index in [4.69, 9.17) is 0 Å². The van der Waals surface area contributed by atoms with Crippen LogP contribution >= 0.6 is 11.8 Å². The molecule has 1 amide bonds. The zero-order valence-corrected chi connectivity index (χ0v) is 17.6. The third-order valence-electron chi connectivity index (χ3n) is 4.73. The fraction of sp³-hybridized carbons (Fsp3) is 0.261. The van der Waals surface area contributed by atoms with E-state index in [0.29, 0.717) is 22.6 Å². The van der Waals surface area contributed by atoms with Crippen LogP contribution in [0.15, 0.2) is 65.1 Å². The molecule has 3 aromatic rings. The van der Waals surface area contributed by atoms with Gasteiger partial charge in [0.15, 0.2) is 5.16 Å². The Hall–Kier alpha value is -2.86. The van der Waals surface area contributed by atoms with Gasteiger partial charge in [0.25, 0.3) is 5.56 Å². The average Bonchev–Trinajstić information content (AvgIpc) is 2.74. The summed E-state index contributed by atoms with van der Waals surface area (Å²) in [5.41, 5.74) is 3.65. The fourth-order valence-electron chi connectivity index (χ4n) is 3.26. The first-order valence-electron chi connectivity index (χ1n) is 9.72. The summed E-state index contributed by atoms with van der Waals surface area (Å²) in [6.07, 6.45) is 3.36. The molecule has 0 saturated heterocycles. The van der Waals surface area contributed by atoms with Crippen molar-refractivity contribution in [2.75, 3.05) is 11.1 Å². The molecule has 2 aromatic carbocycles. The van der Waals surface area contributed by atoms with Crippen LogP contribution in [0.1, 0.15) is 25.0 Å². The molecule has 0 fully saturated rings. The summed E-state index contributed by atoms with van der Waals surface area (Å²) in [5, 5.41) is 4.14. The number of aromatic nitrogens is 2. The standard InChI is InChI=1S/C23H25N3O2S/c1-4-14-26-22(28)18-12-7-8-13-19(18)24-23(26)29-15-20(27)25-21-16(5-2)10-9-11-17(21)6-3/h4,7-13H,1,5-6,14-15H2,2-3H3,(H,25,27). The minimum Gasteiger partial charge on any atom is -0.325 e. The third-order valence-corrected chi connectivity index (χ3v) is 5.71. The van der Waals surface area contributed by atoms with E-state index >= 15 is 0 Å². The van der Waals surface area contributed by atoms with E-state index in [9.17, 15) is 9.59 Å². The second-order valence-corrected chi connectivity index (χ2v) is 7.55. The highest BCUT2D eigenvalue weighted by Crippen LogP contribution is 2.24. The fourth-order valence-corrected chi connectivity index (χ4v) is 4.07. The molecular weight excluding hydrogens is 382 g/mol. The second kappa shape index (κ2) is 9.56. The van der Waals surface area contributed by atoms with Crippen LogP contribution in [-0.4, -0.2) is 21.2 Å². The molecule has 0 spiro atoms. The van der Waals surface area contributed by atoms with Crippen LogP contribution in [0.3, 0.4) is 0 Å². The molecule has 0 bridgehead atoms. The van der Waals surface area contributed by atoms with Crippen LogP contribution in [0, 0.1) is 0 Å². The molecule has 0 atom stereocenters. The average molecular weight is 408 g/mol. The maximum Gasteiger partial charge on any atom is 0.262 e. The largest absolute Gasteiger partial charge is 0.325 e. The van der Waals surface area contributed by atoms with Gasteiger partial charge in [0.1, 0.15) is 0 Å². The van der Waals surface area contributed by atoms with Gasteiger partial charge in [0.2, 0.25) is 5.91 Å². The maximum atomic E-state index is 12.8. The molecule has 150 valence electrons. The first-order chi connectivity index (χ1) is 14.1. The Bertz CT molecular complexity index is 1080. The van der Waals surface area contributed by atoms with E-state index < -0.39 is 0 Å². The summed E-state index contributed by atoms with van der Waals surface area (Å²) < 4.78 is 1.56. The lowest BCUT2D eigenvalue weighted by molar-refractivity contribution is -0.113. The molecule has 29 heavy (non-hydrogen) atoms. The number of nitrogens with one attached hydrogen (secondary N) is 1. The smallest absolute Gasteiger partial charge is 0.262 e. The highest BCUT2D eigenvalue weighted by atomic mass is 32.2. The zero-order valence-electron chi connectivity index (χ0n) is 16.8. The monoisotopic (exact) mass is 407 g/mol. The van der Waals surface area contributed by atoms with Crippen LogP contribution in [0.25, 0.3) is 10.9 Å². The Balaban J connectivity index is 1.84. The van der Waals surface area contributed by atoms with Crippen molar-refractivity contribution >= 4 is 34.3 Å². The Morgan fingerprint density at radius 2 is 1.83 bits per heavy atom. The van der Waals surface area contributed by atoms with E-state index in [0.717, 1.165) is 29.7 Å². The van der Waals surface area contributed by atoms with Crippen LogP contribution in [0.5, 0.6) is 0 Å². The van der Waals surface area contributed by atoms with Crippen molar-refractivity contribution in [1.29, 1.82) is 0 Å². The van der Waals surface area contributed by atoms with Crippen molar-refractivity contribution in [1.82, 2.24) is 9.55 Å². The quantitative estimate of drug-likeness (QED) is 0.341. The number of aryl methyl sites for hydroxylation is 2. The van der Waals surface area contributed by atoms with E-state index in [1.165, 1.54) is 11.8 Å². The lowest BCUT2D eigenvalue weighted by Gasteiger charge is -2.15. The number of anilines is 1. The molecule has 1 aromatic heterocycles. The molecular formula is C23H25N3O2S. The van der Waals surface area contributed by atoms with Gasteiger partial charge in [-0.3, -0.25) is 14.2 Å². The molecule has 6 heteroatoms. The summed E-state index contributed by atoms with van der Waals surface area (Å²) in [4.78, 5) is 30.1. The minimum absolute atomic E-state index is 0.113. The minimum atomic E-state index is -0.122. The van der Waals surface area contributed by atoms with Gasteiger partial charge in [-0.05, 0) is 36.1 Å². The number of carbonyl (C=O) groups is 1. The molecule has 5 nitrogen and oxygen atoms in total. The van der Waals surface area contributed by atoms with Crippen LogP contribution in [0.2, 0.25) is 0 Å². The van der Waals surface area contributed by atoms with Crippen molar-refractivity contribution in [3.63, 3.8) is 0 Å². The topological polar surface area (TPSA) is 64.0 Å². The van der Waals surface area contributed by atoms with Gasteiger partial charge in [-0.15, -0.1) is 6.58 Å². The summed E-state index contributed by atoms with van der Waals surface area (Å²) in [6, 6.07) is 13.3. The molecule has 1 heterocycles. The molecule has 0 aliphatic rings. The summed E-state index contributed by atoms with van der Waals surface area (Å²) in [7, 11) is 0. The number of carbonyl (C=O) groups excluding carboxylic acids is 1. The van der Waals surface area contributed by atoms with Gasteiger partial charge in [-0.2, -0.15) is 0 Å². The van der Waals surface area contributed by atoms with Crippen LogP contribution in [0.4, 0.5) is 5.69 Å². The summed E-state index contributed by atoms with van der Waals surface area (Å²) in [5.74, 6) is 0.0570. The second-order valence-electron chi connectivity index (χ2n) is 6.61.